The van der Waals surface area contributed by atoms with Gasteiger partial charge in [-0.3, -0.25) is 29.3 Å². The summed E-state index contributed by atoms with van der Waals surface area (Å²) in [5, 5.41) is 21.5. The third kappa shape index (κ3) is 15.3. The van der Waals surface area contributed by atoms with Crippen molar-refractivity contribution in [2.24, 2.45) is 0 Å². The molecule has 5 N–H and O–H groups in total. The van der Waals surface area contributed by atoms with Crippen LogP contribution in [0.25, 0.3) is 0 Å². The van der Waals surface area contributed by atoms with Gasteiger partial charge in [-0.05, 0) is 99.8 Å². The summed E-state index contributed by atoms with van der Waals surface area (Å²) >= 11 is 24.2. The average molecular weight is 863 g/mol. The lowest BCUT2D eigenvalue weighted by Crippen LogP contribution is -2.43. The summed E-state index contributed by atoms with van der Waals surface area (Å²) in [6, 6.07) is 22.2. The van der Waals surface area contributed by atoms with E-state index in [1.54, 1.807) is 106 Å². The number of carbonyl (C=O) groups excluding carboxylic acids is 4. The Morgan fingerprint density at radius 2 is 1.05 bits per heavy atom. The number of carboxylic acid groups (broad SMARTS) is 1. The number of benzene rings is 4. The van der Waals surface area contributed by atoms with Gasteiger partial charge in [-0.1, -0.05) is 89.7 Å². The van der Waals surface area contributed by atoms with Gasteiger partial charge in [0.2, 0.25) is 0 Å². The number of hydrogen-bond acceptors (Lipinski definition) is 9. The number of methoxy groups -OCH3 is 1. The Labute approximate surface area is 351 Å². The zero-order valence-electron chi connectivity index (χ0n) is 31.9. The van der Waals surface area contributed by atoms with Crippen molar-refractivity contribution < 1.29 is 38.6 Å². The molecule has 4 rings (SSSR count). The molecule has 4 aromatic carbocycles. The first-order chi connectivity index (χ1) is 26.9. The molecule has 0 radical (unpaired) electrons. The van der Waals surface area contributed by atoms with E-state index < -0.39 is 47.4 Å². The minimum atomic E-state index is -0.896. The standard InChI is InChI=1S/C23H26Cl2N2O5.C18H18Cl2N2O3/c1-23(2,3)32-19(28)13-26-18(22(30)31-4)12-14-8-10-15(11-9-14)27-21(29)20-16(24)6-5-7-17(20)25;1-2-21-15(18(24)25)10-11-6-8-12(9-7-11)22-17(23)16-13(19)4-3-5-14(16)20/h5-11,18,26H,12-13H2,1-4H3,(H,27,29);3-9,15,21H,2,10H2,1H3,(H,22,23)(H,24,25)/t18-;15-/m00/s1. The molecule has 2 amide bonds. The Morgan fingerprint density at radius 3 is 1.40 bits per heavy atom. The molecule has 16 heteroatoms. The molecule has 0 bridgehead atoms. The van der Waals surface area contributed by atoms with Crippen LogP contribution in [-0.4, -0.2) is 72.7 Å². The maximum Gasteiger partial charge on any atom is 0.323 e. The Kier molecular flexibility index (Phi) is 18.3. The summed E-state index contributed by atoms with van der Waals surface area (Å²) in [5.74, 6) is -2.70. The second-order valence-corrected chi connectivity index (χ2v) is 15.0. The highest BCUT2D eigenvalue weighted by molar-refractivity contribution is 6.41. The van der Waals surface area contributed by atoms with Gasteiger partial charge in [0.05, 0.1) is 44.9 Å². The molecular formula is C41H44Cl4N4O8. The molecule has 0 aromatic heterocycles. The molecule has 0 saturated carbocycles. The minimum Gasteiger partial charge on any atom is -0.480 e. The molecule has 0 aliphatic carbocycles. The van der Waals surface area contributed by atoms with Crippen LogP contribution in [0.5, 0.6) is 0 Å². The number of esters is 2. The molecule has 304 valence electrons. The first kappa shape index (κ1) is 46.7. The van der Waals surface area contributed by atoms with Crippen LogP contribution < -0.4 is 21.3 Å². The second kappa shape index (κ2) is 22.3. The number of ether oxygens (including phenoxy) is 2. The first-order valence-electron chi connectivity index (χ1n) is 17.6. The molecular weight excluding hydrogens is 818 g/mol. The molecule has 0 fully saturated rings. The van der Waals surface area contributed by atoms with Crippen LogP contribution in [0.4, 0.5) is 11.4 Å². The molecule has 4 aromatic rings. The number of anilines is 2. The van der Waals surface area contributed by atoms with Gasteiger partial charge in [0, 0.05) is 11.4 Å². The molecule has 0 spiro atoms. The van der Waals surface area contributed by atoms with E-state index in [4.69, 9.17) is 55.9 Å². The lowest BCUT2D eigenvalue weighted by molar-refractivity contribution is -0.154. The second-order valence-electron chi connectivity index (χ2n) is 13.4. The number of nitrogens with one attached hydrogen (secondary N) is 4. The lowest BCUT2D eigenvalue weighted by atomic mass is 10.1. The summed E-state index contributed by atoms with van der Waals surface area (Å²) in [4.78, 5) is 60.1. The van der Waals surface area contributed by atoms with Gasteiger partial charge in [0.1, 0.15) is 17.7 Å². The zero-order valence-corrected chi connectivity index (χ0v) is 34.9. The van der Waals surface area contributed by atoms with E-state index in [9.17, 15) is 29.1 Å². The van der Waals surface area contributed by atoms with Crippen LogP contribution in [0.1, 0.15) is 59.5 Å². The topological polar surface area (TPSA) is 172 Å². The molecule has 2 atom stereocenters. The van der Waals surface area contributed by atoms with Crippen molar-refractivity contribution in [3.05, 3.63) is 127 Å². The van der Waals surface area contributed by atoms with Crippen molar-refractivity contribution >= 4 is 87.5 Å². The minimum absolute atomic E-state index is 0.135. The maximum atomic E-state index is 12.5. The summed E-state index contributed by atoms with van der Waals surface area (Å²) in [6.07, 6.45) is 0.633. The quantitative estimate of drug-likeness (QED) is 0.0736. The smallest absolute Gasteiger partial charge is 0.323 e. The number of carbonyl (C=O) groups is 5. The van der Waals surface area contributed by atoms with E-state index in [1.165, 1.54) is 7.11 Å². The van der Waals surface area contributed by atoms with Gasteiger partial charge in [0.25, 0.3) is 11.8 Å². The summed E-state index contributed by atoms with van der Waals surface area (Å²) in [5.41, 5.74) is 2.54. The van der Waals surface area contributed by atoms with E-state index in [0.717, 1.165) is 11.1 Å². The number of carboxylic acids is 1. The summed E-state index contributed by atoms with van der Waals surface area (Å²) in [7, 11) is 1.28. The van der Waals surface area contributed by atoms with Gasteiger partial charge >= 0.3 is 17.9 Å². The highest BCUT2D eigenvalue weighted by atomic mass is 35.5. The average Bonchev–Trinajstić information content (AvgIpc) is 3.13. The van der Waals surface area contributed by atoms with Crippen molar-refractivity contribution in [1.29, 1.82) is 0 Å². The van der Waals surface area contributed by atoms with Crippen LogP contribution in [-0.2, 0) is 36.7 Å². The van der Waals surface area contributed by atoms with E-state index >= 15 is 0 Å². The van der Waals surface area contributed by atoms with Crippen molar-refractivity contribution in [1.82, 2.24) is 10.6 Å². The van der Waals surface area contributed by atoms with E-state index in [2.05, 4.69) is 21.3 Å². The van der Waals surface area contributed by atoms with Crippen molar-refractivity contribution in [2.75, 3.05) is 30.8 Å². The SMILES string of the molecule is CCN[C@@H](Cc1ccc(NC(=O)c2c(Cl)cccc2Cl)cc1)C(=O)O.COC(=O)[C@H](Cc1ccc(NC(=O)c2c(Cl)cccc2Cl)cc1)NCC(=O)OC(C)(C)C. The summed E-state index contributed by atoms with van der Waals surface area (Å²) in [6.45, 7) is 7.59. The first-order valence-corrected chi connectivity index (χ1v) is 19.1. The fourth-order valence-corrected chi connectivity index (χ4v) is 6.33. The van der Waals surface area contributed by atoms with Gasteiger partial charge in [-0.25, -0.2) is 0 Å². The van der Waals surface area contributed by atoms with Gasteiger partial charge in [-0.15, -0.1) is 0 Å². The van der Waals surface area contributed by atoms with Crippen molar-refractivity contribution in [3.63, 3.8) is 0 Å². The number of hydrogen-bond donors (Lipinski definition) is 5. The van der Waals surface area contributed by atoms with E-state index in [1.807, 2.05) is 6.92 Å². The highest BCUT2D eigenvalue weighted by Crippen LogP contribution is 2.27. The molecule has 0 unspecified atom stereocenters. The van der Waals surface area contributed by atoms with Crippen LogP contribution in [0.15, 0.2) is 84.9 Å². The molecule has 0 aliphatic heterocycles. The normalized spacial score (nSPS) is 11.9. The molecule has 0 saturated heterocycles. The van der Waals surface area contributed by atoms with Crippen LogP contribution in [0.2, 0.25) is 20.1 Å². The predicted molar refractivity (Wildman–Crippen MR) is 224 cm³/mol. The fraction of sp³-hybridized carbons (Fsp3) is 0.293. The Bertz CT molecular complexity index is 1980. The third-order valence-corrected chi connectivity index (χ3v) is 9.09. The number of aliphatic carboxylic acids is 1. The summed E-state index contributed by atoms with van der Waals surface area (Å²) < 4.78 is 10.1. The predicted octanol–water partition coefficient (Wildman–Crippen LogP) is 8.11. The molecule has 57 heavy (non-hydrogen) atoms. The zero-order chi connectivity index (χ0) is 42.3. The Balaban J connectivity index is 0.000000315. The number of likely N-dealkylation sites (N-methyl/N-ethyl adjacent to an activating group) is 1. The Morgan fingerprint density at radius 1 is 0.649 bits per heavy atom. The number of halogens is 4. The van der Waals surface area contributed by atoms with Crippen molar-refractivity contribution in [2.45, 2.75) is 58.2 Å². The Hall–Kier alpha value is -4.69. The molecule has 0 heterocycles. The number of rotatable bonds is 15. The third-order valence-electron chi connectivity index (χ3n) is 7.83. The maximum absolute atomic E-state index is 12.5. The largest absolute Gasteiger partial charge is 0.480 e. The lowest BCUT2D eigenvalue weighted by Gasteiger charge is -2.21. The van der Waals surface area contributed by atoms with Gasteiger partial charge < -0.3 is 30.5 Å². The van der Waals surface area contributed by atoms with Gasteiger partial charge in [0.15, 0.2) is 0 Å². The monoisotopic (exact) mass is 860 g/mol. The number of amides is 2. The highest BCUT2D eigenvalue weighted by Gasteiger charge is 2.23. The van der Waals surface area contributed by atoms with Gasteiger partial charge in [-0.2, -0.15) is 0 Å². The van der Waals surface area contributed by atoms with E-state index in [0.29, 0.717) is 24.3 Å². The molecule has 12 nitrogen and oxygen atoms in total. The molecule has 0 aliphatic rings. The van der Waals surface area contributed by atoms with E-state index in [-0.39, 0.29) is 44.2 Å². The fourth-order valence-electron chi connectivity index (χ4n) is 5.19. The van der Waals surface area contributed by atoms with Crippen LogP contribution >= 0.6 is 46.4 Å². The van der Waals surface area contributed by atoms with Crippen LogP contribution in [0.3, 0.4) is 0 Å². The van der Waals surface area contributed by atoms with Crippen molar-refractivity contribution in [3.8, 4) is 0 Å². The van der Waals surface area contributed by atoms with Crippen LogP contribution in [0, 0.1) is 0 Å².